The lowest BCUT2D eigenvalue weighted by Gasteiger charge is -2.32. The normalized spacial score (nSPS) is 14.4. The van der Waals surface area contributed by atoms with E-state index in [1.54, 1.807) is 43.9 Å². The van der Waals surface area contributed by atoms with Crippen molar-refractivity contribution >= 4 is 46.8 Å². The number of carbonyl (C=O) groups is 1. The third-order valence-corrected chi connectivity index (χ3v) is 6.75. The molecule has 0 saturated carbocycles. The van der Waals surface area contributed by atoms with Crippen molar-refractivity contribution in [3.8, 4) is 11.8 Å². The van der Waals surface area contributed by atoms with Crippen molar-refractivity contribution in [1.29, 1.82) is 0 Å². The molecule has 4 rings (SSSR count). The summed E-state index contributed by atoms with van der Waals surface area (Å²) in [7, 11) is 5.20. The fraction of sp³-hybridized carbons (Fsp3) is 0.318. The van der Waals surface area contributed by atoms with Gasteiger partial charge in [0, 0.05) is 43.3 Å². The fourth-order valence-electron chi connectivity index (χ4n) is 3.17. The number of nitrogens with one attached hydrogen (secondary N) is 1. The van der Waals surface area contributed by atoms with Crippen molar-refractivity contribution in [2.45, 2.75) is 10.1 Å². The van der Waals surface area contributed by atoms with Gasteiger partial charge in [0.1, 0.15) is 10.7 Å². The molecule has 0 aromatic carbocycles. The predicted octanol–water partition coefficient (Wildman–Crippen LogP) is 2.90. The molecule has 1 fully saturated rings. The molecule has 0 unspecified atom stereocenters. The van der Waals surface area contributed by atoms with Crippen LogP contribution < -0.4 is 19.7 Å². The first-order valence-electron chi connectivity index (χ1n) is 10.5. The van der Waals surface area contributed by atoms with E-state index in [0.29, 0.717) is 33.6 Å². The van der Waals surface area contributed by atoms with E-state index >= 15 is 0 Å². The monoisotopic (exact) mass is 499 g/mol. The fourth-order valence-corrected chi connectivity index (χ4v) is 4.66. The minimum atomic E-state index is -0.280. The Kier molecular flexibility index (Phi) is 7.93. The second-order valence-electron chi connectivity index (χ2n) is 7.33. The van der Waals surface area contributed by atoms with Crippen LogP contribution in [0.2, 0.25) is 0 Å². The van der Waals surface area contributed by atoms with E-state index in [2.05, 4.69) is 42.1 Å². The molecule has 4 heterocycles. The lowest BCUT2D eigenvalue weighted by Crippen LogP contribution is -2.45. The predicted molar refractivity (Wildman–Crippen MR) is 133 cm³/mol. The van der Waals surface area contributed by atoms with Crippen molar-refractivity contribution in [2.75, 3.05) is 57.7 Å². The van der Waals surface area contributed by atoms with E-state index < -0.39 is 0 Å². The average Bonchev–Trinajstić information content (AvgIpc) is 3.37. The number of aromatic nitrogens is 4. The topological polar surface area (TPSA) is 106 Å². The molecular formula is C22H25N7O3S2. The molecule has 0 spiro atoms. The minimum Gasteiger partial charge on any atom is -0.480 e. The van der Waals surface area contributed by atoms with Crippen LogP contribution in [0, 0.1) is 0 Å². The number of methoxy groups -OCH3 is 2. The molecule has 10 nitrogen and oxygen atoms in total. The van der Waals surface area contributed by atoms with Crippen molar-refractivity contribution in [3.63, 3.8) is 0 Å². The van der Waals surface area contributed by atoms with Crippen LogP contribution in [0.25, 0.3) is 6.08 Å². The van der Waals surface area contributed by atoms with Crippen LogP contribution in [0.1, 0.15) is 4.88 Å². The van der Waals surface area contributed by atoms with Crippen LogP contribution in [-0.4, -0.2) is 78.2 Å². The van der Waals surface area contributed by atoms with Crippen molar-refractivity contribution in [1.82, 2.24) is 24.8 Å². The van der Waals surface area contributed by atoms with Gasteiger partial charge in [-0.15, -0.1) is 11.3 Å². The molecule has 0 aliphatic carbocycles. The maximum atomic E-state index is 12.3. The molecule has 1 saturated heterocycles. The molecule has 12 heteroatoms. The number of thiophene rings is 1. The highest BCUT2D eigenvalue weighted by molar-refractivity contribution is 7.99. The maximum absolute atomic E-state index is 12.3. The van der Waals surface area contributed by atoms with E-state index in [0.717, 1.165) is 31.1 Å². The van der Waals surface area contributed by atoms with Crippen LogP contribution in [0.15, 0.2) is 45.9 Å². The van der Waals surface area contributed by atoms with Crippen molar-refractivity contribution in [3.05, 3.63) is 40.7 Å². The van der Waals surface area contributed by atoms with Crippen LogP contribution in [0.3, 0.4) is 0 Å². The van der Waals surface area contributed by atoms with Gasteiger partial charge >= 0.3 is 0 Å². The highest BCUT2D eigenvalue weighted by Gasteiger charge is 2.23. The quantitative estimate of drug-likeness (QED) is 0.367. The molecule has 1 aliphatic heterocycles. The zero-order valence-corrected chi connectivity index (χ0v) is 20.7. The first-order chi connectivity index (χ1) is 16.6. The second-order valence-corrected chi connectivity index (χ2v) is 9.28. The Morgan fingerprint density at radius 1 is 1.12 bits per heavy atom. The third kappa shape index (κ3) is 6.01. The zero-order chi connectivity index (χ0) is 23.9. The molecule has 178 valence electrons. The molecule has 0 bridgehead atoms. The summed E-state index contributed by atoms with van der Waals surface area (Å²) in [4.78, 5) is 36.1. The number of anilines is 2. The first-order valence-corrected chi connectivity index (χ1v) is 12.2. The lowest BCUT2D eigenvalue weighted by atomic mass is 10.3. The Hall–Kier alpha value is -3.22. The standard InChI is InChI=1S/C22H25N7O3S2/c1-28-10-12-29(13-11-28)21-26-19(31-2)18(20(27-21)32-3)34-22-23-9-8-16(25-22)24-17(30)7-6-15-5-4-14-33-15/h4-9,14H,10-13H2,1-3H3,(H,23,24,25,30). The summed E-state index contributed by atoms with van der Waals surface area (Å²) in [6, 6.07) is 5.49. The van der Waals surface area contributed by atoms with Crippen LogP contribution in [0.4, 0.5) is 11.8 Å². The Morgan fingerprint density at radius 2 is 1.85 bits per heavy atom. The van der Waals surface area contributed by atoms with E-state index in [1.807, 2.05) is 17.5 Å². The van der Waals surface area contributed by atoms with Gasteiger partial charge in [0.2, 0.25) is 23.6 Å². The van der Waals surface area contributed by atoms with Crippen LogP contribution >= 0.6 is 23.1 Å². The number of carbonyl (C=O) groups excluding carboxylic acids is 1. The number of rotatable bonds is 8. The summed E-state index contributed by atoms with van der Waals surface area (Å²) >= 11 is 2.76. The molecule has 1 amide bonds. The van der Waals surface area contributed by atoms with Gasteiger partial charge < -0.3 is 24.6 Å². The number of hydrogen-bond acceptors (Lipinski definition) is 11. The first kappa shape index (κ1) is 23.9. The number of piperazine rings is 1. The summed E-state index contributed by atoms with van der Waals surface area (Å²) < 4.78 is 11.1. The Morgan fingerprint density at radius 3 is 2.50 bits per heavy atom. The number of likely N-dealkylation sites (N-methyl/N-ethyl adjacent to an activating group) is 1. The molecule has 0 radical (unpaired) electrons. The van der Waals surface area contributed by atoms with Gasteiger partial charge in [0.15, 0.2) is 5.16 Å². The largest absolute Gasteiger partial charge is 0.480 e. The SMILES string of the molecule is COc1nc(N2CCN(C)CC2)nc(OC)c1Sc1nccc(NC(=O)C=Cc2cccs2)n1. The maximum Gasteiger partial charge on any atom is 0.249 e. The third-order valence-electron chi connectivity index (χ3n) is 4.98. The van der Waals surface area contributed by atoms with Gasteiger partial charge in [-0.3, -0.25) is 4.79 Å². The van der Waals surface area contributed by atoms with E-state index in [4.69, 9.17) is 9.47 Å². The van der Waals surface area contributed by atoms with E-state index in [-0.39, 0.29) is 5.91 Å². The molecular weight excluding hydrogens is 474 g/mol. The summed E-state index contributed by atoms with van der Waals surface area (Å²) in [6.45, 7) is 3.50. The summed E-state index contributed by atoms with van der Waals surface area (Å²) in [5.74, 6) is 1.42. The molecule has 3 aromatic heterocycles. The van der Waals surface area contributed by atoms with E-state index in [1.165, 1.54) is 17.8 Å². The van der Waals surface area contributed by atoms with Gasteiger partial charge in [-0.05, 0) is 42.4 Å². The Labute approximate surface area is 206 Å². The van der Waals surface area contributed by atoms with Crippen LogP contribution in [0.5, 0.6) is 11.8 Å². The number of nitrogens with zero attached hydrogens (tertiary/aromatic N) is 6. The van der Waals surface area contributed by atoms with Crippen LogP contribution in [-0.2, 0) is 4.79 Å². The number of amides is 1. The minimum absolute atomic E-state index is 0.280. The summed E-state index contributed by atoms with van der Waals surface area (Å²) in [5, 5.41) is 5.10. The molecule has 34 heavy (non-hydrogen) atoms. The number of ether oxygens (including phenoxy) is 2. The molecule has 1 N–H and O–H groups in total. The Balaban J connectivity index is 1.51. The van der Waals surface area contributed by atoms with E-state index in [9.17, 15) is 4.79 Å². The van der Waals surface area contributed by atoms with Crippen molar-refractivity contribution < 1.29 is 14.3 Å². The summed E-state index contributed by atoms with van der Waals surface area (Å²) in [6.07, 6.45) is 4.80. The Bertz CT molecular complexity index is 1120. The van der Waals surface area contributed by atoms with Gasteiger partial charge in [-0.25, -0.2) is 9.97 Å². The molecule has 3 aromatic rings. The lowest BCUT2D eigenvalue weighted by molar-refractivity contribution is -0.111. The van der Waals surface area contributed by atoms with Gasteiger partial charge in [-0.1, -0.05) is 6.07 Å². The summed E-state index contributed by atoms with van der Waals surface area (Å²) in [5.41, 5.74) is 0. The van der Waals surface area contributed by atoms with Gasteiger partial charge in [0.05, 0.1) is 14.2 Å². The number of hydrogen-bond donors (Lipinski definition) is 1. The highest BCUT2D eigenvalue weighted by Crippen LogP contribution is 2.39. The zero-order valence-electron chi connectivity index (χ0n) is 19.1. The average molecular weight is 500 g/mol. The van der Waals surface area contributed by atoms with Crippen molar-refractivity contribution in [2.24, 2.45) is 0 Å². The smallest absolute Gasteiger partial charge is 0.249 e. The highest BCUT2D eigenvalue weighted by atomic mass is 32.2. The second kappa shape index (κ2) is 11.3. The molecule has 0 atom stereocenters. The van der Waals surface area contributed by atoms with Gasteiger partial charge in [-0.2, -0.15) is 9.97 Å². The van der Waals surface area contributed by atoms with Gasteiger partial charge in [0.25, 0.3) is 0 Å². The molecule has 1 aliphatic rings.